The molecule has 1 heteroatoms. The van der Waals surface area contributed by atoms with Gasteiger partial charge < -0.3 is 4.90 Å². The van der Waals surface area contributed by atoms with E-state index < -0.39 is 0 Å². The van der Waals surface area contributed by atoms with Crippen LogP contribution in [0.5, 0.6) is 0 Å². The summed E-state index contributed by atoms with van der Waals surface area (Å²) in [6.45, 7) is 8.96. The van der Waals surface area contributed by atoms with Crippen LogP contribution in [0.15, 0.2) is 24.3 Å². The van der Waals surface area contributed by atoms with Crippen LogP contribution in [0, 0.1) is 0 Å². The Morgan fingerprint density at radius 1 is 0.789 bits per heavy atom. The predicted molar refractivity (Wildman–Crippen MR) is 87.1 cm³/mol. The minimum absolute atomic E-state index is 1.10. The average molecular weight is 261 g/mol. The van der Waals surface area contributed by atoms with Crippen LogP contribution in [0.3, 0.4) is 0 Å². The first-order chi connectivity index (χ1) is 9.33. The highest BCUT2D eigenvalue weighted by Gasteiger charge is 2.06. The van der Waals surface area contributed by atoms with Crippen molar-refractivity contribution in [1.82, 2.24) is 0 Å². The molecule has 0 N–H and O–H groups in total. The molecule has 0 heterocycles. The maximum absolute atomic E-state index is 2.46. The summed E-state index contributed by atoms with van der Waals surface area (Å²) in [6.07, 6.45) is 9.50. The van der Waals surface area contributed by atoms with Gasteiger partial charge in [0.2, 0.25) is 0 Å². The average Bonchev–Trinajstić information content (AvgIpc) is 2.45. The molecule has 0 spiro atoms. The Labute approximate surface area is 120 Å². The normalized spacial score (nSPS) is 10.7. The lowest BCUT2D eigenvalue weighted by Crippen LogP contribution is -2.23. The zero-order valence-corrected chi connectivity index (χ0v) is 13.1. The number of hydrogen-bond acceptors (Lipinski definition) is 1. The van der Waals surface area contributed by atoms with Crippen molar-refractivity contribution in [2.75, 3.05) is 18.0 Å². The van der Waals surface area contributed by atoms with E-state index in [2.05, 4.69) is 49.9 Å². The van der Waals surface area contributed by atoms with Crippen molar-refractivity contribution in [2.24, 2.45) is 0 Å². The van der Waals surface area contributed by atoms with Gasteiger partial charge >= 0.3 is 0 Å². The van der Waals surface area contributed by atoms with Gasteiger partial charge in [0.05, 0.1) is 0 Å². The van der Waals surface area contributed by atoms with E-state index in [1.165, 1.54) is 56.2 Å². The number of nitrogens with zero attached hydrogens (tertiary/aromatic N) is 1. The molecule has 0 fully saturated rings. The Bertz CT molecular complexity index is 328. The maximum Gasteiger partial charge on any atom is 0.0398 e. The Morgan fingerprint density at radius 2 is 1.42 bits per heavy atom. The van der Waals surface area contributed by atoms with E-state index in [9.17, 15) is 0 Å². The first-order valence-electron chi connectivity index (χ1n) is 8.16. The smallest absolute Gasteiger partial charge is 0.0398 e. The third-order valence-electron chi connectivity index (χ3n) is 3.90. The number of hydrogen-bond donors (Lipinski definition) is 0. The molecule has 0 unspecified atom stereocenters. The minimum atomic E-state index is 1.10. The summed E-state index contributed by atoms with van der Waals surface area (Å²) in [5, 5.41) is 0. The maximum atomic E-state index is 2.46. The lowest BCUT2D eigenvalue weighted by molar-refractivity contribution is 0.607. The minimum Gasteiger partial charge on any atom is -0.372 e. The number of aryl methyl sites for hydroxylation is 1. The highest BCUT2D eigenvalue weighted by molar-refractivity contribution is 5.53. The molecule has 1 aromatic carbocycles. The Morgan fingerprint density at radius 3 is 2.11 bits per heavy atom. The summed E-state index contributed by atoms with van der Waals surface area (Å²) in [5.41, 5.74) is 2.97. The Hall–Kier alpha value is -0.980. The van der Waals surface area contributed by atoms with E-state index in [0.717, 1.165) is 13.1 Å². The highest BCUT2D eigenvalue weighted by atomic mass is 15.1. The van der Waals surface area contributed by atoms with Crippen molar-refractivity contribution in [3.05, 3.63) is 29.8 Å². The molecule has 0 aliphatic carbocycles. The van der Waals surface area contributed by atoms with E-state index in [0.29, 0.717) is 0 Å². The highest BCUT2D eigenvalue weighted by Crippen LogP contribution is 2.22. The van der Waals surface area contributed by atoms with Gasteiger partial charge in [-0.15, -0.1) is 0 Å². The lowest BCUT2D eigenvalue weighted by atomic mass is 10.0. The summed E-state index contributed by atoms with van der Waals surface area (Å²) in [4.78, 5) is 2.46. The van der Waals surface area contributed by atoms with Crippen LogP contribution in [-0.4, -0.2) is 13.1 Å². The zero-order chi connectivity index (χ0) is 13.9. The van der Waals surface area contributed by atoms with Crippen molar-refractivity contribution in [1.29, 1.82) is 0 Å². The van der Waals surface area contributed by atoms with Crippen LogP contribution < -0.4 is 4.90 Å². The third-order valence-corrected chi connectivity index (χ3v) is 3.90. The number of para-hydroxylation sites is 1. The molecule has 1 aromatic rings. The van der Waals surface area contributed by atoms with Crippen molar-refractivity contribution in [3.63, 3.8) is 0 Å². The molecule has 1 nitrogen and oxygen atoms in total. The van der Waals surface area contributed by atoms with Crippen LogP contribution >= 0.6 is 0 Å². The van der Waals surface area contributed by atoms with Crippen LogP contribution in [0.25, 0.3) is 0 Å². The number of unbranched alkanes of at least 4 members (excludes halogenated alkanes) is 5. The quantitative estimate of drug-likeness (QED) is 0.507. The van der Waals surface area contributed by atoms with Crippen LogP contribution in [-0.2, 0) is 6.42 Å². The molecule has 108 valence electrons. The molecule has 0 aliphatic rings. The fourth-order valence-electron chi connectivity index (χ4n) is 2.69. The van der Waals surface area contributed by atoms with Gasteiger partial charge in [0.1, 0.15) is 0 Å². The molecule has 0 atom stereocenters. The van der Waals surface area contributed by atoms with Crippen LogP contribution in [0.1, 0.15) is 64.9 Å². The van der Waals surface area contributed by atoms with Crippen LogP contribution in [0.2, 0.25) is 0 Å². The Kier molecular flexibility index (Phi) is 8.36. The fraction of sp³-hybridized carbons (Fsp3) is 0.667. The van der Waals surface area contributed by atoms with Crippen molar-refractivity contribution >= 4 is 5.69 Å². The summed E-state index contributed by atoms with van der Waals surface area (Å²) in [5.74, 6) is 0. The summed E-state index contributed by atoms with van der Waals surface area (Å²) >= 11 is 0. The van der Waals surface area contributed by atoms with E-state index in [-0.39, 0.29) is 0 Å². The second-order valence-corrected chi connectivity index (χ2v) is 5.32. The van der Waals surface area contributed by atoms with Gasteiger partial charge in [-0.1, -0.05) is 57.2 Å². The zero-order valence-electron chi connectivity index (χ0n) is 13.1. The lowest BCUT2D eigenvalue weighted by Gasteiger charge is -2.24. The summed E-state index contributed by atoms with van der Waals surface area (Å²) in [6, 6.07) is 8.93. The Balaban J connectivity index is 2.44. The van der Waals surface area contributed by atoms with Crippen molar-refractivity contribution in [2.45, 2.75) is 65.7 Å². The van der Waals surface area contributed by atoms with Gasteiger partial charge in [-0.2, -0.15) is 0 Å². The van der Waals surface area contributed by atoms with Gasteiger partial charge in [-0.05, 0) is 38.3 Å². The molecule has 0 saturated heterocycles. The molecule has 0 amide bonds. The molecule has 0 aliphatic heterocycles. The number of anilines is 1. The second kappa shape index (κ2) is 9.89. The van der Waals surface area contributed by atoms with Gasteiger partial charge in [-0.3, -0.25) is 0 Å². The predicted octanol–water partition coefficient (Wildman–Crippen LogP) is 5.44. The van der Waals surface area contributed by atoms with Gasteiger partial charge in [0.15, 0.2) is 0 Å². The monoisotopic (exact) mass is 261 g/mol. The molecule has 0 radical (unpaired) electrons. The summed E-state index contributed by atoms with van der Waals surface area (Å²) in [7, 11) is 0. The number of benzene rings is 1. The molecule has 0 bridgehead atoms. The first-order valence-corrected chi connectivity index (χ1v) is 8.16. The standard InChI is InChI=1S/C18H31N/c1-4-7-8-9-10-11-14-17-15-12-13-16-18(17)19(5-2)6-3/h12-13,15-16H,4-11,14H2,1-3H3. The van der Waals surface area contributed by atoms with Crippen molar-refractivity contribution < 1.29 is 0 Å². The van der Waals surface area contributed by atoms with E-state index in [4.69, 9.17) is 0 Å². The SMILES string of the molecule is CCCCCCCCc1ccccc1N(CC)CC. The molecule has 0 saturated carbocycles. The molecule has 1 rings (SSSR count). The number of rotatable bonds is 10. The third kappa shape index (κ3) is 5.67. The molecular weight excluding hydrogens is 230 g/mol. The summed E-state index contributed by atoms with van der Waals surface area (Å²) < 4.78 is 0. The van der Waals surface area contributed by atoms with Crippen molar-refractivity contribution in [3.8, 4) is 0 Å². The topological polar surface area (TPSA) is 3.24 Å². The first kappa shape index (κ1) is 16.1. The molecule has 0 aromatic heterocycles. The fourth-order valence-corrected chi connectivity index (χ4v) is 2.69. The van der Waals surface area contributed by atoms with Gasteiger partial charge in [0, 0.05) is 18.8 Å². The molecular formula is C18H31N. The van der Waals surface area contributed by atoms with E-state index in [1.807, 2.05) is 0 Å². The van der Waals surface area contributed by atoms with Gasteiger partial charge in [-0.25, -0.2) is 0 Å². The van der Waals surface area contributed by atoms with E-state index in [1.54, 1.807) is 0 Å². The largest absolute Gasteiger partial charge is 0.372 e. The van der Waals surface area contributed by atoms with Gasteiger partial charge in [0.25, 0.3) is 0 Å². The molecule has 19 heavy (non-hydrogen) atoms. The van der Waals surface area contributed by atoms with E-state index >= 15 is 0 Å². The second-order valence-electron chi connectivity index (χ2n) is 5.32. The van der Waals surface area contributed by atoms with Crippen LogP contribution in [0.4, 0.5) is 5.69 Å².